The summed E-state index contributed by atoms with van der Waals surface area (Å²) < 4.78 is 4.72. The Morgan fingerprint density at radius 2 is 2.14 bits per heavy atom. The van der Waals surface area contributed by atoms with Crippen molar-refractivity contribution in [3.63, 3.8) is 0 Å². The predicted molar refractivity (Wildman–Crippen MR) is 50.1 cm³/mol. The van der Waals surface area contributed by atoms with Crippen molar-refractivity contribution in [1.29, 1.82) is 0 Å². The molecule has 14 heavy (non-hydrogen) atoms. The van der Waals surface area contributed by atoms with Gasteiger partial charge in [-0.2, -0.15) is 0 Å². The van der Waals surface area contributed by atoms with E-state index in [1.165, 1.54) is 18.2 Å². The summed E-state index contributed by atoms with van der Waals surface area (Å²) in [6.45, 7) is 2.03. The topological polar surface area (TPSA) is 66.8 Å². The fourth-order valence-corrected chi connectivity index (χ4v) is 1.07. The zero-order valence-electron chi connectivity index (χ0n) is 7.86. The number of rotatable bonds is 3. The summed E-state index contributed by atoms with van der Waals surface area (Å²) in [4.78, 5) is 11.1. The summed E-state index contributed by atoms with van der Waals surface area (Å²) in [5.41, 5.74) is 0.446. The van der Waals surface area contributed by atoms with Gasteiger partial charge < -0.3 is 14.9 Å². The maximum Gasteiger partial charge on any atom is 0.310 e. The molecule has 0 bridgehead atoms. The first-order chi connectivity index (χ1) is 6.63. The van der Waals surface area contributed by atoms with E-state index >= 15 is 0 Å². The first-order valence-electron chi connectivity index (χ1n) is 4.30. The van der Waals surface area contributed by atoms with Gasteiger partial charge in [-0.05, 0) is 13.0 Å². The van der Waals surface area contributed by atoms with E-state index in [1.807, 2.05) is 0 Å². The van der Waals surface area contributed by atoms with E-state index in [1.54, 1.807) is 6.92 Å². The lowest BCUT2D eigenvalue weighted by molar-refractivity contribution is -0.142. The highest BCUT2D eigenvalue weighted by Gasteiger charge is 2.08. The van der Waals surface area contributed by atoms with Crippen LogP contribution in [-0.2, 0) is 16.0 Å². The van der Waals surface area contributed by atoms with Crippen LogP contribution >= 0.6 is 0 Å². The Morgan fingerprint density at radius 3 is 2.71 bits per heavy atom. The summed E-state index contributed by atoms with van der Waals surface area (Å²) in [6.07, 6.45) is 0.0138. The molecule has 1 rings (SSSR count). The Bertz CT molecular complexity index is 333. The van der Waals surface area contributed by atoms with E-state index in [9.17, 15) is 9.90 Å². The minimum Gasteiger partial charge on any atom is -0.508 e. The summed E-state index contributed by atoms with van der Waals surface area (Å²) >= 11 is 0. The third kappa shape index (κ3) is 2.65. The predicted octanol–water partition coefficient (Wildman–Crippen LogP) is 1.20. The standard InChI is InChI=1S/C10H12O4/c1-2-14-10(13)5-7-3-4-8(11)6-9(7)12/h3-4,6,11-12H,2,5H2,1H3. The third-order valence-electron chi connectivity index (χ3n) is 1.71. The van der Waals surface area contributed by atoms with Crippen molar-refractivity contribution in [2.75, 3.05) is 6.61 Å². The van der Waals surface area contributed by atoms with Crippen LogP contribution in [0.3, 0.4) is 0 Å². The third-order valence-corrected chi connectivity index (χ3v) is 1.71. The highest BCUT2D eigenvalue weighted by molar-refractivity contribution is 5.73. The minimum atomic E-state index is -0.395. The van der Waals surface area contributed by atoms with E-state index in [0.29, 0.717) is 12.2 Å². The Hall–Kier alpha value is -1.71. The van der Waals surface area contributed by atoms with Gasteiger partial charge >= 0.3 is 5.97 Å². The minimum absolute atomic E-state index is 0.0138. The summed E-state index contributed by atoms with van der Waals surface area (Å²) in [7, 11) is 0. The molecular weight excluding hydrogens is 184 g/mol. The SMILES string of the molecule is CCOC(=O)Cc1ccc(O)cc1O. The summed E-state index contributed by atoms with van der Waals surface area (Å²) in [6, 6.07) is 4.09. The van der Waals surface area contributed by atoms with Gasteiger partial charge in [-0.25, -0.2) is 0 Å². The van der Waals surface area contributed by atoms with Gasteiger partial charge in [0.1, 0.15) is 11.5 Å². The number of hydrogen-bond donors (Lipinski definition) is 2. The molecule has 0 saturated heterocycles. The molecule has 0 saturated carbocycles. The lowest BCUT2D eigenvalue weighted by Crippen LogP contribution is -2.07. The van der Waals surface area contributed by atoms with Gasteiger partial charge in [0.25, 0.3) is 0 Å². The van der Waals surface area contributed by atoms with E-state index in [0.717, 1.165) is 0 Å². The number of phenols is 2. The molecule has 0 aliphatic carbocycles. The van der Waals surface area contributed by atoms with Crippen LogP contribution in [-0.4, -0.2) is 22.8 Å². The second kappa shape index (κ2) is 4.50. The van der Waals surface area contributed by atoms with Gasteiger partial charge in [0.15, 0.2) is 0 Å². The Balaban J connectivity index is 2.72. The molecular formula is C10H12O4. The van der Waals surface area contributed by atoms with Gasteiger partial charge in [-0.1, -0.05) is 6.07 Å². The van der Waals surface area contributed by atoms with Crippen molar-refractivity contribution in [3.8, 4) is 11.5 Å². The molecule has 0 spiro atoms. The number of carbonyl (C=O) groups is 1. The van der Waals surface area contributed by atoms with Gasteiger partial charge in [0.2, 0.25) is 0 Å². The lowest BCUT2D eigenvalue weighted by atomic mass is 10.1. The summed E-state index contributed by atoms with van der Waals surface area (Å²) in [5, 5.41) is 18.3. The van der Waals surface area contributed by atoms with Crippen LogP contribution in [0.25, 0.3) is 0 Å². The van der Waals surface area contributed by atoms with Crippen molar-refractivity contribution in [3.05, 3.63) is 23.8 Å². The molecule has 76 valence electrons. The van der Waals surface area contributed by atoms with Crippen LogP contribution in [0.2, 0.25) is 0 Å². The molecule has 2 N–H and O–H groups in total. The highest BCUT2D eigenvalue weighted by Crippen LogP contribution is 2.22. The molecule has 4 heteroatoms. The molecule has 0 radical (unpaired) electrons. The average Bonchev–Trinajstić information content (AvgIpc) is 2.10. The lowest BCUT2D eigenvalue weighted by Gasteiger charge is -2.04. The molecule has 0 aliphatic rings. The first-order valence-corrected chi connectivity index (χ1v) is 4.30. The molecule has 0 atom stereocenters. The molecule has 0 heterocycles. The van der Waals surface area contributed by atoms with Crippen LogP contribution in [0, 0.1) is 0 Å². The van der Waals surface area contributed by atoms with Crippen LogP contribution < -0.4 is 0 Å². The van der Waals surface area contributed by atoms with Gasteiger partial charge in [-0.15, -0.1) is 0 Å². The smallest absolute Gasteiger partial charge is 0.310 e. The zero-order valence-corrected chi connectivity index (χ0v) is 7.86. The molecule has 4 nitrogen and oxygen atoms in total. The van der Waals surface area contributed by atoms with Crippen molar-refractivity contribution in [1.82, 2.24) is 0 Å². The quantitative estimate of drug-likeness (QED) is 0.713. The number of esters is 1. The Morgan fingerprint density at radius 1 is 1.43 bits per heavy atom. The zero-order chi connectivity index (χ0) is 10.6. The van der Waals surface area contributed by atoms with Crippen LogP contribution in [0.5, 0.6) is 11.5 Å². The Kier molecular flexibility index (Phi) is 3.34. The maximum absolute atomic E-state index is 11.1. The van der Waals surface area contributed by atoms with Gasteiger partial charge in [0.05, 0.1) is 13.0 Å². The van der Waals surface area contributed by atoms with E-state index in [2.05, 4.69) is 0 Å². The van der Waals surface area contributed by atoms with Crippen molar-refractivity contribution in [2.45, 2.75) is 13.3 Å². The average molecular weight is 196 g/mol. The van der Waals surface area contributed by atoms with E-state index in [-0.39, 0.29) is 17.9 Å². The highest BCUT2D eigenvalue weighted by atomic mass is 16.5. The van der Waals surface area contributed by atoms with Crippen molar-refractivity contribution >= 4 is 5.97 Å². The molecule has 0 amide bonds. The van der Waals surface area contributed by atoms with Crippen LogP contribution in [0.1, 0.15) is 12.5 Å². The number of ether oxygens (including phenoxy) is 1. The first kappa shape index (κ1) is 10.4. The number of benzene rings is 1. The molecule has 0 fully saturated rings. The van der Waals surface area contributed by atoms with Gasteiger partial charge in [-0.3, -0.25) is 4.79 Å². The summed E-state index contributed by atoms with van der Waals surface area (Å²) in [5.74, 6) is -0.526. The molecule has 0 aromatic heterocycles. The van der Waals surface area contributed by atoms with Crippen molar-refractivity contribution in [2.24, 2.45) is 0 Å². The Labute approximate surface area is 81.8 Å². The number of aromatic hydroxyl groups is 2. The van der Waals surface area contributed by atoms with Crippen LogP contribution in [0.4, 0.5) is 0 Å². The number of phenolic OH excluding ortho intramolecular Hbond substituents is 2. The normalized spacial score (nSPS) is 9.79. The molecule has 1 aromatic rings. The molecule has 0 unspecified atom stereocenters. The fraction of sp³-hybridized carbons (Fsp3) is 0.300. The molecule has 1 aromatic carbocycles. The van der Waals surface area contributed by atoms with E-state index < -0.39 is 5.97 Å². The number of carbonyl (C=O) groups excluding carboxylic acids is 1. The molecule has 0 aliphatic heterocycles. The van der Waals surface area contributed by atoms with Gasteiger partial charge in [0, 0.05) is 11.6 Å². The monoisotopic (exact) mass is 196 g/mol. The fourth-order valence-electron chi connectivity index (χ4n) is 1.07. The van der Waals surface area contributed by atoms with E-state index in [4.69, 9.17) is 9.84 Å². The largest absolute Gasteiger partial charge is 0.508 e. The van der Waals surface area contributed by atoms with Crippen LogP contribution in [0.15, 0.2) is 18.2 Å². The number of hydrogen-bond acceptors (Lipinski definition) is 4. The maximum atomic E-state index is 11.1. The second-order valence-electron chi connectivity index (χ2n) is 2.79. The second-order valence-corrected chi connectivity index (χ2v) is 2.79. The van der Waals surface area contributed by atoms with Crippen molar-refractivity contribution < 1.29 is 19.7 Å².